The lowest BCUT2D eigenvalue weighted by molar-refractivity contribution is -0.132. The van der Waals surface area contributed by atoms with E-state index in [1.165, 1.54) is 12.1 Å². The monoisotopic (exact) mass is 474 g/mol. The zero-order chi connectivity index (χ0) is 21.1. The Kier molecular flexibility index (Phi) is 6.20. The Balaban J connectivity index is 1.45. The summed E-state index contributed by atoms with van der Waals surface area (Å²) in [5.74, 6) is -1.39. The van der Waals surface area contributed by atoms with E-state index in [2.05, 4.69) is 21.2 Å². The maximum atomic E-state index is 13.4. The van der Waals surface area contributed by atoms with Gasteiger partial charge in [-0.1, -0.05) is 34.1 Å². The molecule has 5 nitrogen and oxygen atoms in total. The summed E-state index contributed by atoms with van der Waals surface area (Å²) in [5.41, 5.74) is 1.46. The van der Waals surface area contributed by atoms with Gasteiger partial charge in [-0.2, -0.15) is 0 Å². The average molecular weight is 475 g/mol. The molecule has 1 N–H and O–H groups in total. The Bertz CT molecular complexity index is 928. The number of hydrogen-bond acceptors (Lipinski definition) is 3. The van der Waals surface area contributed by atoms with E-state index < -0.39 is 5.92 Å². The number of halogens is 2. The van der Waals surface area contributed by atoms with Crippen molar-refractivity contribution in [2.24, 2.45) is 5.92 Å². The smallest absolute Gasteiger partial charge is 0.239 e. The van der Waals surface area contributed by atoms with Crippen LogP contribution in [-0.4, -0.2) is 38.1 Å². The Labute approximate surface area is 183 Å². The molecule has 0 spiro atoms. The molecular formula is C23H24BrFN2O3. The fourth-order valence-corrected chi connectivity index (χ4v) is 4.72. The first kappa shape index (κ1) is 21.0. The van der Waals surface area contributed by atoms with Crippen molar-refractivity contribution in [1.29, 1.82) is 0 Å². The Hall–Kier alpha value is -2.25. The number of benzene rings is 2. The third kappa shape index (κ3) is 4.27. The van der Waals surface area contributed by atoms with Crippen LogP contribution in [0, 0.1) is 11.7 Å². The summed E-state index contributed by atoms with van der Waals surface area (Å²) in [4.78, 5) is 27.5. The van der Waals surface area contributed by atoms with Crippen LogP contribution in [0.3, 0.4) is 0 Å². The topological polar surface area (TPSA) is 58.6 Å². The van der Waals surface area contributed by atoms with Crippen molar-refractivity contribution in [3.8, 4) is 0 Å². The lowest BCUT2D eigenvalue weighted by atomic mass is 9.74. The van der Waals surface area contributed by atoms with Crippen LogP contribution in [0.2, 0.25) is 0 Å². The maximum absolute atomic E-state index is 13.4. The van der Waals surface area contributed by atoms with Gasteiger partial charge < -0.3 is 15.0 Å². The highest BCUT2D eigenvalue weighted by Crippen LogP contribution is 2.35. The number of amides is 2. The highest BCUT2D eigenvalue weighted by atomic mass is 79.9. The Morgan fingerprint density at radius 1 is 1.20 bits per heavy atom. The van der Waals surface area contributed by atoms with Gasteiger partial charge in [-0.3, -0.25) is 9.59 Å². The molecule has 0 bridgehead atoms. The molecule has 2 aliphatic rings. The molecule has 2 fully saturated rings. The number of anilines is 1. The van der Waals surface area contributed by atoms with Gasteiger partial charge in [0.1, 0.15) is 11.7 Å². The quantitative estimate of drug-likeness (QED) is 0.670. The molecule has 2 aliphatic heterocycles. The van der Waals surface area contributed by atoms with Gasteiger partial charge in [0.2, 0.25) is 11.8 Å². The van der Waals surface area contributed by atoms with E-state index in [9.17, 15) is 14.0 Å². The lowest BCUT2D eigenvalue weighted by Gasteiger charge is -2.38. The number of hydrogen-bond donors (Lipinski definition) is 1. The lowest BCUT2D eigenvalue weighted by Crippen LogP contribution is -2.47. The summed E-state index contributed by atoms with van der Waals surface area (Å²) < 4.78 is 19.8. The molecule has 1 atom stereocenters. The minimum Gasteiger partial charge on any atom is -0.381 e. The third-order valence-electron chi connectivity index (χ3n) is 6.15. The van der Waals surface area contributed by atoms with Gasteiger partial charge in [-0.25, -0.2) is 4.39 Å². The van der Waals surface area contributed by atoms with Crippen LogP contribution in [0.15, 0.2) is 53.0 Å². The fraction of sp³-hybridized carbons (Fsp3) is 0.391. The first-order chi connectivity index (χ1) is 14.5. The summed E-state index contributed by atoms with van der Waals surface area (Å²) in [5, 5.41) is 3.02. The van der Waals surface area contributed by atoms with Crippen molar-refractivity contribution in [3.05, 3.63) is 64.4 Å². The van der Waals surface area contributed by atoms with Gasteiger partial charge in [-0.05, 0) is 55.2 Å². The molecule has 4 rings (SSSR count). The van der Waals surface area contributed by atoms with Crippen molar-refractivity contribution in [1.82, 2.24) is 5.32 Å². The van der Waals surface area contributed by atoms with Crippen LogP contribution in [0.25, 0.3) is 0 Å². The van der Waals surface area contributed by atoms with Gasteiger partial charge in [0, 0.05) is 41.9 Å². The van der Waals surface area contributed by atoms with Crippen molar-refractivity contribution in [2.45, 2.75) is 24.7 Å². The Morgan fingerprint density at radius 2 is 1.93 bits per heavy atom. The highest BCUT2D eigenvalue weighted by Gasteiger charge is 2.40. The largest absolute Gasteiger partial charge is 0.381 e. The molecule has 0 aromatic heterocycles. The van der Waals surface area contributed by atoms with Crippen molar-refractivity contribution in [3.63, 3.8) is 0 Å². The summed E-state index contributed by atoms with van der Waals surface area (Å²) in [6, 6.07) is 14.0. The van der Waals surface area contributed by atoms with Gasteiger partial charge in [0.05, 0.1) is 0 Å². The minimum atomic E-state index is -0.686. The molecular weight excluding hydrogens is 451 g/mol. The van der Waals surface area contributed by atoms with E-state index in [0.29, 0.717) is 32.7 Å². The maximum Gasteiger partial charge on any atom is 0.239 e. The second-order valence-electron chi connectivity index (χ2n) is 7.93. The predicted octanol–water partition coefficient (Wildman–Crippen LogP) is 3.81. The molecule has 0 saturated carbocycles. The number of rotatable bonds is 5. The van der Waals surface area contributed by atoms with E-state index in [1.807, 2.05) is 24.3 Å². The normalized spacial score (nSPS) is 20.9. The average Bonchev–Trinajstić information content (AvgIpc) is 3.14. The minimum absolute atomic E-state index is 0.173. The molecule has 2 amide bonds. The fourth-order valence-electron chi connectivity index (χ4n) is 4.34. The molecule has 7 heteroatoms. The number of nitrogens with one attached hydrogen (secondary N) is 1. The van der Waals surface area contributed by atoms with Gasteiger partial charge in [0.15, 0.2) is 0 Å². The van der Waals surface area contributed by atoms with E-state index in [-0.39, 0.29) is 23.0 Å². The van der Waals surface area contributed by atoms with Crippen LogP contribution in [-0.2, 0) is 19.7 Å². The molecule has 158 valence electrons. The number of ether oxygens (including phenoxy) is 1. The number of nitrogens with zero attached hydrogens (tertiary/aromatic N) is 1. The summed E-state index contributed by atoms with van der Waals surface area (Å²) in [6.07, 6.45) is 1.97. The van der Waals surface area contributed by atoms with Crippen molar-refractivity contribution < 1.29 is 18.7 Å². The van der Waals surface area contributed by atoms with Crippen LogP contribution < -0.4 is 10.2 Å². The zero-order valence-corrected chi connectivity index (χ0v) is 18.2. The first-order valence-electron chi connectivity index (χ1n) is 10.2. The molecule has 2 saturated heterocycles. The molecule has 2 heterocycles. The zero-order valence-electron chi connectivity index (χ0n) is 16.6. The summed E-state index contributed by atoms with van der Waals surface area (Å²) >= 11 is 3.42. The van der Waals surface area contributed by atoms with E-state index in [0.717, 1.165) is 28.6 Å². The molecule has 1 unspecified atom stereocenters. The van der Waals surface area contributed by atoms with Gasteiger partial charge in [-0.15, -0.1) is 0 Å². The predicted molar refractivity (Wildman–Crippen MR) is 116 cm³/mol. The SMILES string of the molecule is O=C(NCC1(c2ccc(F)cc2)CCOCC1)C1CCN(c2cccc(Br)c2)C1=O. The second kappa shape index (κ2) is 8.86. The molecule has 2 aromatic rings. The van der Waals surface area contributed by atoms with Crippen LogP contribution >= 0.6 is 15.9 Å². The molecule has 0 aliphatic carbocycles. The third-order valence-corrected chi connectivity index (χ3v) is 6.64. The standard InChI is InChI=1S/C23H24BrFN2O3/c24-17-2-1-3-19(14-17)27-11-8-20(22(27)29)21(28)26-15-23(9-12-30-13-10-23)16-4-6-18(25)7-5-16/h1-7,14,20H,8-13,15H2,(H,26,28). The van der Waals surface area contributed by atoms with E-state index >= 15 is 0 Å². The van der Waals surface area contributed by atoms with E-state index in [1.54, 1.807) is 17.0 Å². The van der Waals surface area contributed by atoms with Crippen LogP contribution in [0.4, 0.5) is 10.1 Å². The van der Waals surface area contributed by atoms with Crippen molar-refractivity contribution in [2.75, 3.05) is 31.2 Å². The first-order valence-corrected chi connectivity index (χ1v) is 11.0. The highest BCUT2D eigenvalue weighted by molar-refractivity contribution is 9.10. The molecule has 30 heavy (non-hydrogen) atoms. The molecule has 0 radical (unpaired) electrons. The second-order valence-corrected chi connectivity index (χ2v) is 8.84. The summed E-state index contributed by atoms with van der Waals surface area (Å²) in [7, 11) is 0. The van der Waals surface area contributed by atoms with Gasteiger partial charge in [0.25, 0.3) is 0 Å². The summed E-state index contributed by atoms with van der Waals surface area (Å²) in [6.45, 7) is 2.10. The van der Waals surface area contributed by atoms with Crippen LogP contribution in [0.1, 0.15) is 24.8 Å². The molecule has 2 aromatic carbocycles. The van der Waals surface area contributed by atoms with Crippen molar-refractivity contribution >= 4 is 33.4 Å². The van der Waals surface area contributed by atoms with E-state index in [4.69, 9.17) is 4.74 Å². The van der Waals surface area contributed by atoms with Crippen LogP contribution in [0.5, 0.6) is 0 Å². The van der Waals surface area contributed by atoms with Gasteiger partial charge >= 0.3 is 0 Å². The number of carbonyl (C=O) groups excluding carboxylic acids is 2. The number of carbonyl (C=O) groups is 2. The Morgan fingerprint density at radius 3 is 2.63 bits per heavy atom.